The molecule has 0 aliphatic carbocycles. The normalized spacial score (nSPS) is 10.0. The molecular formula is C11H14FNO2. The van der Waals surface area contributed by atoms with Crippen LogP contribution in [0.15, 0.2) is 18.2 Å². The summed E-state index contributed by atoms with van der Waals surface area (Å²) in [5, 5.41) is 11.4. The summed E-state index contributed by atoms with van der Waals surface area (Å²) in [5.41, 5.74) is 1.29. The van der Waals surface area contributed by atoms with Gasteiger partial charge < -0.3 is 10.4 Å². The van der Waals surface area contributed by atoms with E-state index >= 15 is 0 Å². The topological polar surface area (TPSA) is 49.3 Å². The zero-order chi connectivity index (χ0) is 11.3. The van der Waals surface area contributed by atoms with Crippen molar-refractivity contribution < 1.29 is 14.3 Å². The molecule has 3 nitrogen and oxygen atoms in total. The minimum Gasteiger partial charge on any atom is -0.481 e. The molecule has 1 rings (SSSR count). The highest BCUT2D eigenvalue weighted by Crippen LogP contribution is 2.17. The van der Waals surface area contributed by atoms with Gasteiger partial charge in [0.2, 0.25) is 0 Å². The number of hydrogen-bond donors (Lipinski definition) is 2. The molecule has 1 aromatic carbocycles. The average Bonchev–Trinajstić information content (AvgIpc) is 2.18. The van der Waals surface area contributed by atoms with Crippen LogP contribution in [-0.2, 0) is 4.79 Å². The van der Waals surface area contributed by atoms with E-state index in [9.17, 15) is 9.18 Å². The van der Waals surface area contributed by atoms with Crippen molar-refractivity contribution in [2.24, 2.45) is 0 Å². The van der Waals surface area contributed by atoms with Gasteiger partial charge >= 0.3 is 5.97 Å². The van der Waals surface area contributed by atoms with Gasteiger partial charge in [-0.25, -0.2) is 4.39 Å². The molecule has 1 aromatic rings. The molecule has 15 heavy (non-hydrogen) atoms. The van der Waals surface area contributed by atoms with Gasteiger partial charge in [0.25, 0.3) is 0 Å². The lowest BCUT2D eigenvalue weighted by atomic mass is 10.2. The summed E-state index contributed by atoms with van der Waals surface area (Å²) < 4.78 is 13.1. The number of benzene rings is 1. The first kappa shape index (κ1) is 11.5. The Labute approximate surface area is 87.9 Å². The highest BCUT2D eigenvalue weighted by Gasteiger charge is 2.02. The quantitative estimate of drug-likeness (QED) is 0.735. The standard InChI is InChI=1S/C11H14FNO2/c1-8-9(12)4-2-5-10(8)13-7-3-6-11(14)15/h2,4-5,13H,3,6-7H2,1H3,(H,14,15). The third-order valence-electron chi connectivity index (χ3n) is 2.15. The zero-order valence-electron chi connectivity index (χ0n) is 8.59. The first-order valence-electron chi connectivity index (χ1n) is 4.82. The van der Waals surface area contributed by atoms with Gasteiger partial charge in [0, 0.05) is 24.2 Å². The molecule has 0 saturated heterocycles. The van der Waals surface area contributed by atoms with E-state index in [4.69, 9.17) is 5.11 Å². The van der Waals surface area contributed by atoms with E-state index < -0.39 is 5.97 Å². The fourth-order valence-electron chi connectivity index (χ4n) is 1.26. The summed E-state index contributed by atoms with van der Waals surface area (Å²) in [4.78, 5) is 10.2. The second kappa shape index (κ2) is 5.34. The smallest absolute Gasteiger partial charge is 0.303 e. The van der Waals surface area contributed by atoms with Crippen LogP contribution >= 0.6 is 0 Å². The molecule has 0 atom stereocenters. The van der Waals surface area contributed by atoms with Crippen molar-refractivity contribution >= 4 is 11.7 Å². The minimum atomic E-state index is -0.812. The summed E-state index contributed by atoms with van der Waals surface area (Å²) in [6, 6.07) is 4.80. The fourth-order valence-corrected chi connectivity index (χ4v) is 1.26. The lowest BCUT2D eigenvalue weighted by Gasteiger charge is -2.08. The van der Waals surface area contributed by atoms with Crippen LogP contribution < -0.4 is 5.32 Å². The molecule has 82 valence electrons. The Bertz CT molecular complexity index is 352. The van der Waals surface area contributed by atoms with Crippen molar-refractivity contribution in [1.82, 2.24) is 0 Å². The molecule has 0 radical (unpaired) electrons. The van der Waals surface area contributed by atoms with Crippen LogP contribution in [0, 0.1) is 12.7 Å². The van der Waals surface area contributed by atoms with Crippen molar-refractivity contribution in [3.63, 3.8) is 0 Å². The maximum Gasteiger partial charge on any atom is 0.303 e. The van der Waals surface area contributed by atoms with E-state index in [1.54, 1.807) is 19.1 Å². The van der Waals surface area contributed by atoms with Gasteiger partial charge in [0.1, 0.15) is 5.82 Å². The van der Waals surface area contributed by atoms with Crippen LogP contribution in [0.25, 0.3) is 0 Å². The fraction of sp³-hybridized carbons (Fsp3) is 0.364. The Hall–Kier alpha value is -1.58. The van der Waals surface area contributed by atoms with Crippen LogP contribution in [0.5, 0.6) is 0 Å². The molecule has 0 fully saturated rings. The molecule has 0 aromatic heterocycles. The predicted molar refractivity (Wildman–Crippen MR) is 56.5 cm³/mol. The maximum absolute atomic E-state index is 13.1. The molecule has 0 aliphatic rings. The number of aliphatic carboxylic acids is 1. The maximum atomic E-state index is 13.1. The minimum absolute atomic E-state index is 0.126. The first-order valence-corrected chi connectivity index (χ1v) is 4.82. The molecule has 0 amide bonds. The Morgan fingerprint density at radius 2 is 2.27 bits per heavy atom. The van der Waals surface area contributed by atoms with E-state index in [1.165, 1.54) is 6.07 Å². The van der Waals surface area contributed by atoms with Crippen molar-refractivity contribution in [2.75, 3.05) is 11.9 Å². The highest BCUT2D eigenvalue weighted by atomic mass is 19.1. The van der Waals surface area contributed by atoms with Crippen molar-refractivity contribution in [3.8, 4) is 0 Å². The summed E-state index contributed by atoms with van der Waals surface area (Å²) in [5.74, 6) is -1.06. The van der Waals surface area contributed by atoms with Crippen LogP contribution in [-0.4, -0.2) is 17.6 Å². The van der Waals surface area contributed by atoms with Gasteiger partial charge in [-0.15, -0.1) is 0 Å². The third-order valence-corrected chi connectivity index (χ3v) is 2.15. The predicted octanol–water partition coefficient (Wildman–Crippen LogP) is 2.41. The monoisotopic (exact) mass is 211 g/mol. The van der Waals surface area contributed by atoms with Gasteiger partial charge in [-0.2, -0.15) is 0 Å². The number of carboxylic acid groups (broad SMARTS) is 1. The van der Waals surface area contributed by atoms with E-state index in [0.717, 1.165) is 5.69 Å². The number of rotatable bonds is 5. The van der Waals surface area contributed by atoms with Crippen LogP contribution in [0.2, 0.25) is 0 Å². The second-order valence-corrected chi connectivity index (χ2v) is 3.34. The summed E-state index contributed by atoms with van der Waals surface area (Å²) in [6.45, 7) is 2.23. The molecular weight excluding hydrogens is 197 g/mol. The van der Waals surface area contributed by atoms with Gasteiger partial charge in [-0.3, -0.25) is 4.79 Å². The average molecular weight is 211 g/mol. The Morgan fingerprint density at radius 1 is 1.53 bits per heavy atom. The number of hydrogen-bond acceptors (Lipinski definition) is 2. The molecule has 0 aliphatic heterocycles. The molecule has 0 spiro atoms. The van der Waals surface area contributed by atoms with Crippen LogP contribution in [0.3, 0.4) is 0 Å². The first-order chi connectivity index (χ1) is 7.11. The summed E-state index contributed by atoms with van der Waals surface area (Å²) >= 11 is 0. The lowest BCUT2D eigenvalue weighted by Crippen LogP contribution is -2.06. The summed E-state index contributed by atoms with van der Waals surface area (Å²) in [6.07, 6.45) is 0.659. The number of anilines is 1. The molecule has 0 heterocycles. The van der Waals surface area contributed by atoms with Crippen molar-refractivity contribution in [1.29, 1.82) is 0 Å². The van der Waals surface area contributed by atoms with Gasteiger partial charge in [0.15, 0.2) is 0 Å². The molecule has 4 heteroatoms. The number of nitrogens with one attached hydrogen (secondary N) is 1. The van der Waals surface area contributed by atoms with Crippen LogP contribution in [0.1, 0.15) is 18.4 Å². The van der Waals surface area contributed by atoms with Crippen LogP contribution in [0.4, 0.5) is 10.1 Å². The Kier molecular flexibility index (Phi) is 4.09. The SMILES string of the molecule is Cc1c(F)cccc1NCCCC(=O)O. The third kappa shape index (κ3) is 3.58. The summed E-state index contributed by atoms with van der Waals surface area (Å²) in [7, 11) is 0. The van der Waals surface area contributed by atoms with Gasteiger partial charge in [-0.05, 0) is 25.5 Å². The van der Waals surface area contributed by atoms with E-state index in [2.05, 4.69) is 5.32 Å². The molecule has 0 unspecified atom stereocenters. The zero-order valence-corrected chi connectivity index (χ0v) is 8.59. The van der Waals surface area contributed by atoms with E-state index in [1.807, 2.05) is 0 Å². The lowest BCUT2D eigenvalue weighted by molar-refractivity contribution is -0.137. The van der Waals surface area contributed by atoms with Crippen molar-refractivity contribution in [3.05, 3.63) is 29.6 Å². The molecule has 2 N–H and O–H groups in total. The van der Waals surface area contributed by atoms with Crippen molar-refractivity contribution in [2.45, 2.75) is 19.8 Å². The highest BCUT2D eigenvalue weighted by molar-refractivity contribution is 5.66. The number of halogens is 1. The van der Waals surface area contributed by atoms with E-state index in [-0.39, 0.29) is 12.2 Å². The largest absolute Gasteiger partial charge is 0.481 e. The van der Waals surface area contributed by atoms with Gasteiger partial charge in [-0.1, -0.05) is 6.07 Å². The Morgan fingerprint density at radius 3 is 2.93 bits per heavy atom. The Balaban J connectivity index is 2.44. The van der Waals surface area contributed by atoms with E-state index in [0.29, 0.717) is 18.5 Å². The second-order valence-electron chi connectivity index (χ2n) is 3.34. The molecule has 0 saturated carbocycles. The van der Waals surface area contributed by atoms with Gasteiger partial charge in [0.05, 0.1) is 0 Å². The number of carbonyl (C=O) groups is 1. The molecule has 0 bridgehead atoms. The number of carboxylic acids is 1.